The molecule has 4 nitrogen and oxygen atoms in total. The molecule has 3 fully saturated rings. The van der Waals surface area contributed by atoms with E-state index in [9.17, 15) is 9.59 Å². The molecule has 0 saturated heterocycles. The molecule has 0 aliphatic heterocycles. The molecular formula is C27H38FNO3. The Labute approximate surface area is 191 Å². The van der Waals surface area contributed by atoms with Gasteiger partial charge in [0.2, 0.25) is 0 Å². The third-order valence-corrected chi connectivity index (χ3v) is 7.79. The maximum Gasteiger partial charge on any atom is 0.256 e. The number of aldehydes is 1. The van der Waals surface area contributed by atoms with Crippen LogP contribution in [0, 0.1) is 29.0 Å². The first kappa shape index (κ1) is 23.3. The summed E-state index contributed by atoms with van der Waals surface area (Å²) in [5.74, 6) is 2.55. The van der Waals surface area contributed by atoms with Gasteiger partial charge in [-0.25, -0.2) is 4.39 Å². The number of fused-ring (bicyclic) bond motifs is 2. The van der Waals surface area contributed by atoms with Crippen molar-refractivity contribution in [3.63, 3.8) is 0 Å². The lowest BCUT2D eigenvalue weighted by Crippen LogP contribution is -2.39. The monoisotopic (exact) mass is 443 g/mol. The van der Waals surface area contributed by atoms with Gasteiger partial charge in [0, 0.05) is 31.5 Å². The molecule has 3 saturated carbocycles. The molecule has 1 amide bonds. The van der Waals surface area contributed by atoms with Gasteiger partial charge in [0.25, 0.3) is 5.91 Å². The Balaban J connectivity index is 1.47. The van der Waals surface area contributed by atoms with Gasteiger partial charge in [-0.3, -0.25) is 4.79 Å². The average Bonchev–Trinajstić information content (AvgIpc) is 3.56. The van der Waals surface area contributed by atoms with Crippen molar-refractivity contribution in [1.82, 2.24) is 4.90 Å². The second kappa shape index (κ2) is 9.52. The van der Waals surface area contributed by atoms with E-state index in [0.29, 0.717) is 37.7 Å². The molecule has 3 aliphatic rings. The first-order valence-corrected chi connectivity index (χ1v) is 12.4. The van der Waals surface area contributed by atoms with Gasteiger partial charge in [-0.05, 0) is 86.7 Å². The van der Waals surface area contributed by atoms with E-state index in [-0.39, 0.29) is 16.9 Å². The van der Waals surface area contributed by atoms with Gasteiger partial charge < -0.3 is 14.4 Å². The SMILES string of the molecule is CC1CC2CC(C1)CC(C)(COc1cc(F)c(C(=O)N(C)CCCC=O)cc1C1CC1)C2. The lowest BCUT2D eigenvalue weighted by molar-refractivity contribution is -0.108. The van der Waals surface area contributed by atoms with Crippen LogP contribution in [0.25, 0.3) is 0 Å². The van der Waals surface area contributed by atoms with Gasteiger partial charge in [0.15, 0.2) is 0 Å². The topological polar surface area (TPSA) is 46.6 Å². The van der Waals surface area contributed by atoms with Crippen LogP contribution in [0.3, 0.4) is 0 Å². The van der Waals surface area contributed by atoms with Crippen molar-refractivity contribution in [2.45, 2.75) is 77.6 Å². The van der Waals surface area contributed by atoms with Crippen LogP contribution in [-0.2, 0) is 4.79 Å². The van der Waals surface area contributed by atoms with E-state index < -0.39 is 5.82 Å². The molecule has 4 rings (SSSR count). The fourth-order valence-electron chi connectivity index (χ4n) is 6.37. The molecule has 0 radical (unpaired) electrons. The van der Waals surface area contributed by atoms with Crippen LogP contribution in [-0.4, -0.2) is 37.3 Å². The molecule has 2 unspecified atom stereocenters. The number of halogens is 1. The van der Waals surface area contributed by atoms with Crippen LogP contribution >= 0.6 is 0 Å². The van der Waals surface area contributed by atoms with Crippen molar-refractivity contribution in [3.05, 3.63) is 29.1 Å². The van der Waals surface area contributed by atoms with Crippen LogP contribution < -0.4 is 4.74 Å². The Morgan fingerprint density at radius 3 is 2.53 bits per heavy atom. The highest BCUT2D eigenvalue weighted by atomic mass is 19.1. The van der Waals surface area contributed by atoms with Crippen LogP contribution in [0.5, 0.6) is 5.75 Å². The molecule has 1 aromatic rings. The van der Waals surface area contributed by atoms with Crippen molar-refractivity contribution in [3.8, 4) is 5.75 Å². The number of amides is 1. The maximum atomic E-state index is 15.0. The first-order valence-electron chi connectivity index (χ1n) is 12.4. The largest absolute Gasteiger partial charge is 0.493 e. The van der Waals surface area contributed by atoms with Crippen LogP contribution in [0.1, 0.15) is 93.5 Å². The Hall–Kier alpha value is -1.91. The Kier molecular flexibility index (Phi) is 6.92. The summed E-state index contributed by atoms with van der Waals surface area (Å²) in [7, 11) is 1.66. The van der Waals surface area contributed by atoms with E-state index in [4.69, 9.17) is 4.74 Å². The van der Waals surface area contributed by atoms with Gasteiger partial charge in [-0.1, -0.05) is 13.8 Å². The van der Waals surface area contributed by atoms with Crippen molar-refractivity contribution in [2.75, 3.05) is 20.2 Å². The fourth-order valence-corrected chi connectivity index (χ4v) is 6.37. The number of hydrogen-bond donors (Lipinski definition) is 0. The maximum absolute atomic E-state index is 15.0. The van der Waals surface area contributed by atoms with E-state index in [1.165, 1.54) is 43.1 Å². The van der Waals surface area contributed by atoms with E-state index >= 15 is 4.39 Å². The van der Waals surface area contributed by atoms with Crippen molar-refractivity contribution in [2.24, 2.45) is 23.2 Å². The van der Waals surface area contributed by atoms with E-state index in [1.54, 1.807) is 13.1 Å². The molecule has 1 aromatic carbocycles. The molecule has 0 spiro atoms. The lowest BCUT2D eigenvalue weighted by atomic mass is 9.60. The predicted molar refractivity (Wildman–Crippen MR) is 123 cm³/mol. The minimum Gasteiger partial charge on any atom is -0.493 e. The summed E-state index contributed by atoms with van der Waals surface area (Å²) in [5, 5.41) is 0. The number of carbonyl (C=O) groups is 2. The molecule has 5 heteroatoms. The zero-order chi connectivity index (χ0) is 22.9. The van der Waals surface area contributed by atoms with Gasteiger partial charge in [-0.2, -0.15) is 0 Å². The second-order valence-corrected chi connectivity index (χ2v) is 11.2. The van der Waals surface area contributed by atoms with Crippen molar-refractivity contribution < 1.29 is 18.7 Å². The zero-order valence-electron chi connectivity index (χ0n) is 19.9. The predicted octanol–water partition coefficient (Wildman–Crippen LogP) is 5.99. The summed E-state index contributed by atoms with van der Waals surface area (Å²) < 4.78 is 21.3. The normalized spacial score (nSPS) is 29.4. The summed E-state index contributed by atoms with van der Waals surface area (Å²) in [6.45, 7) is 5.77. The third kappa shape index (κ3) is 5.35. The Morgan fingerprint density at radius 2 is 1.91 bits per heavy atom. The molecule has 32 heavy (non-hydrogen) atoms. The minimum absolute atomic E-state index is 0.111. The number of ether oxygens (including phenoxy) is 1. The number of nitrogens with zero attached hydrogens (tertiary/aromatic N) is 1. The number of carbonyl (C=O) groups excluding carboxylic acids is 2. The van der Waals surface area contributed by atoms with E-state index in [1.807, 2.05) is 0 Å². The number of benzene rings is 1. The number of hydrogen-bond acceptors (Lipinski definition) is 3. The van der Waals surface area contributed by atoms with Crippen LogP contribution in [0.15, 0.2) is 12.1 Å². The molecule has 2 bridgehead atoms. The summed E-state index contributed by atoms with van der Waals surface area (Å²) in [6.07, 6.45) is 10.3. The summed E-state index contributed by atoms with van der Waals surface area (Å²) in [6, 6.07) is 3.16. The highest BCUT2D eigenvalue weighted by molar-refractivity contribution is 5.94. The Bertz CT molecular complexity index is 832. The van der Waals surface area contributed by atoms with Gasteiger partial charge in [0.05, 0.1) is 12.2 Å². The van der Waals surface area contributed by atoms with E-state index in [0.717, 1.165) is 42.4 Å². The van der Waals surface area contributed by atoms with E-state index in [2.05, 4.69) is 13.8 Å². The van der Waals surface area contributed by atoms with Gasteiger partial charge in [0.1, 0.15) is 17.9 Å². The highest BCUT2D eigenvalue weighted by Crippen LogP contribution is 2.51. The molecule has 0 heterocycles. The number of unbranched alkanes of at least 4 members (excludes halogenated alkanes) is 1. The standard InChI is InChI=1S/C27H38FNO3/c1-18-10-19-12-20(11-18)16-27(2,15-19)17-32-25-14-24(28)23(13-22(25)21-6-7-21)26(31)29(3)8-4-5-9-30/h9,13-14,18-21H,4-8,10-12,15-17H2,1-3H3. The molecule has 176 valence electrons. The molecule has 2 atom stereocenters. The van der Waals surface area contributed by atoms with Crippen LogP contribution in [0.2, 0.25) is 0 Å². The second-order valence-electron chi connectivity index (χ2n) is 11.2. The van der Waals surface area contributed by atoms with Crippen molar-refractivity contribution in [1.29, 1.82) is 0 Å². The molecule has 3 aliphatic carbocycles. The fraction of sp³-hybridized carbons (Fsp3) is 0.704. The first-order chi connectivity index (χ1) is 15.3. The molecule has 0 aromatic heterocycles. The number of rotatable bonds is 9. The highest BCUT2D eigenvalue weighted by Gasteiger charge is 2.41. The van der Waals surface area contributed by atoms with Crippen LogP contribution in [0.4, 0.5) is 4.39 Å². The third-order valence-electron chi connectivity index (χ3n) is 7.79. The van der Waals surface area contributed by atoms with Crippen molar-refractivity contribution >= 4 is 12.2 Å². The average molecular weight is 444 g/mol. The summed E-state index contributed by atoms with van der Waals surface area (Å²) in [4.78, 5) is 24.9. The molecular weight excluding hydrogens is 405 g/mol. The summed E-state index contributed by atoms with van der Waals surface area (Å²) >= 11 is 0. The smallest absolute Gasteiger partial charge is 0.256 e. The zero-order valence-corrected chi connectivity index (χ0v) is 19.9. The Morgan fingerprint density at radius 1 is 1.22 bits per heavy atom. The van der Waals surface area contributed by atoms with Gasteiger partial charge in [-0.15, -0.1) is 0 Å². The lowest BCUT2D eigenvalue weighted by Gasteiger charge is -2.47. The molecule has 0 N–H and O–H groups in total. The minimum atomic E-state index is -0.517. The van der Waals surface area contributed by atoms with Gasteiger partial charge >= 0.3 is 0 Å². The quantitative estimate of drug-likeness (QED) is 0.348. The summed E-state index contributed by atoms with van der Waals surface area (Å²) in [5.41, 5.74) is 1.22.